The van der Waals surface area contributed by atoms with Crippen molar-refractivity contribution in [3.63, 3.8) is 0 Å². The standard InChI is InChI=1S/C88H80/c1-83(2,3)52-34-37-60-70(44-52)87(13,14)72-46-54(85(7,8)9)42-65(78(60)72)51-33-36-57-66(41-51)59-30-24-31-62-77(59)68(57)48-69-74(49-25-19-17-20-26-49)81-64-40-39-56(58-29-23-32-63(76(58)64)82(81)75(80(62)69)50-27-21-18-22-28-50)67-43-55(86(10,11)12)47-73-79(67)61-38-35-53(84(4,5)6)45-71(61)88(73,15)16/h17-48H,1-16H3. The van der Waals surface area contributed by atoms with E-state index in [1.165, 1.54) is 187 Å². The lowest BCUT2D eigenvalue weighted by molar-refractivity contribution is 0.579. The Kier molecular flexibility index (Phi) is 11.2. The molecule has 0 spiro atoms. The molecular formula is C88H80. The Labute approximate surface area is 521 Å². The van der Waals surface area contributed by atoms with E-state index in [4.69, 9.17) is 0 Å². The van der Waals surface area contributed by atoms with Crippen LogP contribution in [-0.4, -0.2) is 0 Å². The van der Waals surface area contributed by atoms with Crippen LogP contribution in [0.5, 0.6) is 0 Å². The maximum atomic E-state index is 2.60. The quantitative estimate of drug-likeness (QED) is 0.154. The molecule has 2 aliphatic rings. The average molecular weight is 1140 g/mol. The molecule has 0 unspecified atom stereocenters. The maximum absolute atomic E-state index is 2.60. The van der Waals surface area contributed by atoms with Gasteiger partial charge < -0.3 is 0 Å². The monoisotopic (exact) mass is 1140 g/mol. The van der Waals surface area contributed by atoms with E-state index in [0.717, 1.165) is 0 Å². The van der Waals surface area contributed by atoms with Gasteiger partial charge in [-0.1, -0.05) is 281 Å². The number of hydrogen-bond donors (Lipinski definition) is 0. The van der Waals surface area contributed by atoms with Crippen molar-refractivity contribution in [3.05, 3.63) is 239 Å². The molecule has 0 saturated carbocycles. The molecule has 0 atom stereocenters. The zero-order valence-electron chi connectivity index (χ0n) is 54.5. The fourth-order valence-electron chi connectivity index (χ4n) is 16.4. The van der Waals surface area contributed by atoms with Crippen LogP contribution in [0, 0.1) is 0 Å². The summed E-state index contributed by atoms with van der Waals surface area (Å²) < 4.78 is 0. The Morgan fingerprint density at radius 1 is 0.216 bits per heavy atom. The summed E-state index contributed by atoms with van der Waals surface area (Å²) in [5.74, 6) is 0. The molecule has 0 aliphatic heterocycles. The largest absolute Gasteiger partial charge is 0.0622 e. The Bertz CT molecular complexity index is 5300. The van der Waals surface area contributed by atoms with Gasteiger partial charge in [0.15, 0.2) is 0 Å². The highest BCUT2D eigenvalue weighted by molar-refractivity contribution is 6.45. The van der Waals surface area contributed by atoms with E-state index in [-0.39, 0.29) is 32.5 Å². The van der Waals surface area contributed by atoms with Crippen LogP contribution in [0.3, 0.4) is 0 Å². The van der Waals surface area contributed by atoms with Crippen LogP contribution in [0.15, 0.2) is 194 Å². The van der Waals surface area contributed by atoms with Gasteiger partial charge in [-0.2, -0.15) is 0 Å². The molecule has 0 amide bonds. The molecule has 432 valence electrons. The first kappa shape index (κ1) is 54.8. The van der Waals surface area contributed by atoms with Crippen molar-refractivity contribution in [2.75, 3.05) is 0 Å². The third-order valence-corrected chi connectivity index (χ3v) is 21.3. The molecule has 0 aromatic heterocycles. The van der Waals surface area contributed by atoms with Crippen LogP contribution < -0.4 is 0 Å². The molecule has 0 radical (unpaired) electrons. The summed E-state index contributed by atoms with van der Waals surface area (Å²) >= 11 is 0. The summed E-state index contributed by atoms with van der Waals surface area (Å²) in [7, 11) is 0. The van der Waals surface area contributed by atoms with Crippen molar-refractivity contribution in [1.82, 2.24) is 0 Å². The fourth-order valence-corrected chi connectivity index (χ4v) is 16.4. The number of hydrogen-bond acceptors (Lipinski definition) is 0. The fraction of sp³-hybridized carbons (Fsp3) is 0.250. The molecule has 14 aromatic rings. The number of fused-ring (bicyclic) bond motifs is 14. The van der Waals surface area contributed by atoms with Gasteiger partial charge in [-0.25, -0.2) is 0 Å². The molecular weight excluding hydrogens is 1060 g/mol. The van der Waals surface area contributed by atoms with Gasteiger partial charge in [0.25, 0.3) is 0 Å². The normalized spacial score (nSPS) is 14.8. The van der Waals surface area contributed by atoms with Crippen molar-refractivity contribution >= 4 is 75.4 Å². The second-order valence-corrected chi connectivity index (χ2v) is 31.6. The molecule has 0 fully saturated rings. The van der Waals surface area contributed by atoms with Crippen LogP contribution in [0.4, 0.5) is 0 Å². The van der Waals surface area contributed by atoms with Crippen LogP contribution in [-0.2, 0) is 32.5 Å². The molecule has 14 aromatic carbocycles. The predicted octanol–water partition coefficient (Wildman–Crippen LogP) is 25.1. The Hall–Kier alpha value is -8.58. The highest BCUT2D eigenvalue weighted by atomic mass is 14.4. The minimum atomic E-state index is -0.172. The molecule has 0 heterocycles. The van der Waals surface area contributed by atoms with E-state index >= 15 is 0 Å². The minimum Gasteiger partial charge on any atom is -0.0622 e. The molecule has 0 N–H and O–H groups in total. The van der Waals surface area contributed by atoms with Gasteiger partial charge in [0.05, 0.1) is 0 Å². The lowest BCUT2D eigenvalue weighted by Gasteiger charge is -2.27. The van der Waals surface area contributed by atoms with E-state index in [2.05, 4.69) is 305 Å². The van der Waals surface area contributed by atoms with Crippen LogP contribution in [0.25, 0.3) is 142 Å². The first-order valence-corrected chi connectivity index (χ1v) is 32.3. The predicted molar refractivity (Wildman–Crippen MR) is 383 cm³/mol. The molecule has 0 bridgehead atoms. The molecule has 16 rings (SSSR count). The highest BCUT2D eigenvalue weighted by Gasteiger charge is 2.42. The van der Waals surface area contributed by atoms with Crippen LogP contribution >= 0.6 is 0 Å². The summed E-state index contributed by atoms with van der Waals surface area (Å²) in [5.41, 5.74) is 26.7. The zero-order chi connectivity index (χ0) is 61.3. The topological polar surface area (TPSA) is 0 Å². The SMILES string of the molecule is CC(C)(C)c1ccc2c(c1)C(C)(C)c1cc(C(C)(C)C)cc(-c3ccc4c(c3)c3cccc5c6c(-c7ccccc7)c7c8cccc9c(-c%10cc(C(C)(C)C)cc%11c%10-c%10ccc(C(C)(C)C)cc%10C%11(C)C)ccc(c7c(-c7ccccc7)c6cc4c35)c98)c1-2. The minimum absolute atomic E-state index is 0.0369. The van der Waals surface area contributed by atoms with Gasteiger partial charge in [0.2, 0.25) is 0 Å². The van der Waals surface area contributed by atoms with Crippen molar-refractivity contribution < 1.29 is 0 Å². The van der Waals surface area contributed by atoms with Gasteiger partial charge >= 0.3 is 0 Å². The van der Waals surface area contributed by atoms with E-state index in [0.29, 0.717) is 0 Å². The smallest absolute Gasteiger partial charge is 0.0159 e. The Morgan fingerprint density at radius 3 is 1.20 bits per heavy atom. The first-order valence-electron chi connectivity index (χ1n) is 32.3. The van der Waals surface area contributed by atoms with Crippen LogP contribution in [0.1, 0.15) is 155 Å². The summed E-state index contributed by atoms with van der Waals surface area (Å²) in [5, 5.41) is 18.4. The van der Waals surface area contributed by atoms with Gasteiger partial charge in [0.1, 0.15) is 0 Å². The molecule has 88 heavy (non-hydrogen) atoms. The maximum Gasteiger partial charge on any atom is 0.0159 e. The first-order chi connectivity index (χ1) is 41.7. The second kappa shape index (κ2) is 18.0. The molecule has 0 nitrogen and oxygen atoms in total. The molecule has 2 aliphatic carbocycles. The van der Waals surface area contributed by atoms with Crippen molar-refractivity contribution in [2.24, 2.45) is 0 Å². The molecule has 0 heteroatoms. The third-order valence-electron chi connectivity index (χ3n) is 21.3. The van der Waals surface area contributed by atoms with Crippen molar-refractivity contribution in [1.29, 1.82) is 0 Å². The van der Waals surface area contributed by atoms with E-state index in [1.807, 2.05) is 0 Å². The summed E-state index contributed by atoms with van der Waals surface area (Å²) in [6.07, 6.45) is 0. The summed E-state index contributed by atoms with van der Waals surface area (Å²) in [4.78, 5) is 0. The molecule has 0 saturated heterocycles. The second-order valence-electron chi connectivity index (χ2n) is 31.6. The van der Waals surface area contributed by atoms with Crippen molar-refractivity contribution in [2.45, 2.75) is 143 Å². The zero-order valence-corrected chi connectivity index (χ0v) is 54.5. The average Bonchev–Trinajstić information content (AvgIpc) is 1.49. The number of benzene rings is 12. The van der Waals surface area contributed by atoms with Gasteiger partial charge in [-0.3, -0.25) is 0 Å². The highest BCUT2D eigenvalue weighted by Crippen LogP contribution is 2.60. The summed E-state index contributed by atoms with van der Waals surface area (Å²) in [6, 6.07) is 77.0. The third kappa shape index (κ3) is 7.63. The Balaban J connectivity index is 1.00. The van der Waals surface area contributed by atoms with E-state index < -0.39 is 0 Å². The van der Waals surface area contributed by atoms with E-state index in [9.17, 15) is 0 Å². The van der Waals surface area contributed by atoms with Gasteiger partial charge in [0, 0.05) is 10.8 Å². The van der Waals surface area contributed by atoms with Gasteiger partial charge in [-0.05, 0) is 233 Å². The van der Waals surface area contributed by atoms with Crippen molar-refractivity contribution in [3.8, 4) is 66.8 Å². The Morgan fingerprint density at radius 2 is 0.648 bits per heavy atom. The lowest BCUT2D eigenvalue weighted by Crippen LogP contribution is -2.19. The lowest BCUT2D eigenvalue weighted by atomic mass is 9.76. The van der Waals surface area contributed by atoms with E-state index in [1.54, 1.807) is 0 Å². The van der Waals surface area contributed by atoms with Crippen LogP contribution in [0.2, 0.25) is 0 Å². The van der Waals surface area contributed by atoms with Gasteiger partial charge in [-0.15, -0.1) is 0 Å². The number of rotatable bonds is 4. The summed E-state index contributed by atoms with van der Waals surface area (Å²) in [6.45, 7) is 38.1.